The van der Waals surface area contributed by atoms with E-state index in [0.717, 1.165) is 12.8 Å². The average Bonchev–Trinajstić information content (AvgIpc) is 2.23. The maximum Gasteiger partial charge on any atom is 0.303 e. The van der Waals surface area contributed by atoms with Crippen LogP contribution in [0.25, 0.3) is 0 Å². The van der Waals surface area contributed by atoms with E-state index in [2.05, 4.69) is 20.8 Å². The number of carboxylic acid groups (broad SMARTS) is 1. The summed E-state index contributed by atoms with van der Waals surface area (Å²) in [7, 11) is 0. The number of rotatable bonds is 9. The van der Waals surface area contributed by atoms with Gasteiger partial charge in [0.25, 0.3) is 0 Å². The highest BCUT2D eigenvalue weighted by atomic mass is 16.4. The number of aliphatic carboxylic acids is 1. The zero-order valence-electron chi connectivity index (χ0n) is 10.5. The summed E-state index contributed by atoms with van der Waals surface area (Å²) in [4.78, 5) is 10.5. The standard InChI is InChI=1S/C13H26O2/c1-4-7-10-13(5-2,6-3)11-8-9-12(14)15/h4-11H2,1-3H3,(H,14,15). The second-order valence-corrected chi connectivity index (χ2v) is 4.56. The fourth-order valence-electron chi connectivity index (χ4n) is 2.25. The van der Waals surface area contributed by atoms with Gasteiger partial charge in [-0.25, -0.2) is 0 Å². The molecule has 0 aliphatic rings. The van der Waals surface area contributed by atoms with E-state index in [9.17, 15) is 4.79 Å². The Morgan fingerprint density at radius 3 is 2.00 bits per heavy atom. The van der Waals surface area contributed by atoms with Crippen LogP contribution in [-0.4, -0.2) is 11.1 Å². The first-order valence-corrected chi connectivity index (χ1v) is 6.32. The van der Waals surface area contributed by atoms with Crippen LogP contribution in [0.15, 0.2) is 0 Å². The molecule has 0 fully saturated rings. The predicted octanol–water partition coefficient (Wildman–Crippen LogP) is 4.24. The molecule has 0 atom stereocenters. The predicted molar refractivity (Wildman–Crippen MR) is 64.0 cm³/mol. The van der Waals surface area contributed by atoms with Gasteiger partial charge in [0, 0.05) is 6.42 Å². The number of carboxylic acids is 1. The first-order valence-electron chi connectivity index (χ1n) is 6.32. The van der Waals surface area contributed by atoms with E-state index >= 15 is 0 Å². The third-order valence-electron chi connectivity index (χ3n) is 3.66. The maximum absolute atomic E-state index is 10.5. The highest BCUT2D eigenvalue weighted by molar-refractivity contribution is 5.66. The second-order valence-electron chi connectivity index (χ2n) is 4.56. The van der Waals surface area contributed by atoms with Crippen molar-refractivity contribution >= 4 is 5.97 Å². The fourth-order valence-corrected chi connectivity index (χ4v) is 2.25. The quantitative estimate of drug-likeness (QED) is 0.623. The summed E-state index contributed by atoms with van der Waals surface area (Å²) in [5.41, 5.74) is 0.408. The van der Waals surface area contributed by atoms with Crippen LogP contribution in [0, 0.1) is 5.41 Å². The van der Waals surface area contributed by atoms with E-state index in [0.29, 0.717) is 11.8 Å². The molecule has 0 aliphatic carbocycles. The van der Waals surface area contributed by atoms with E-state index in [1.165, 1.54) is 32.1 Å². The lowest BCUT2D eigenvalue weighted by atomic mass is 9.74. The molecule has 2 heteroatoms. The van der Waals surface area contributed by atoms with E-state index in [1.54, 1.807) is 0 Å². The minimum Gasteiger partial charge on any atom is -0.481 e. The molecular weight excluding hydrogens is 188 g/mol. The normalized spacial score (nSPS) is 11.7. The molecule has 0 aromatic carbocycles. The van der Waals surface area contributed by atoms with Crippen molar-refractivity contribution in [2.24, 2.45) is 5.41 Å². The molecule has 0 rings (SSSR count). The van der Waals surface area contributed by atoms with E-state index < -0.39 is 5.97 Å². The van der Waals surface area contributed by atoms with Gasteiger partial charge in [0.15, 0.2) is 0 Å². The Balaban J connectivity index is 4.04. The van der Waals surface area contributed by atoms with E-state index in [-0.39, 0.29) is 0 Å². The smallest absolute Gasteiger partial charge is 0.303 e. The van der Waals surface area contributed by atoms with Crippen molar-refractivity contribution in [3.05, 3.63) is 0 Å². The Bertz CT molecular complexity index is 171. The van der Waals surface area contributed by atoms with Gasteiger partial charge in [-0.05, 0) is 24.7 Å². The Morgan fingerprint density at radius 2 is 1.60 bits per heavy atom. The van der Waals surface area contributed by atoms with Crippen LogP contribution in [0.2, 0.25) is 0 Å². The van der Waals surface area contributed by atoms with Crippen molar-refractivity contribution in [2.45, 2.75) is 72.1 Å². The Morgan fingerprint density at radius 1 is 1.07 bits per heavy atom. The number of hydrogen-bond acceptors (Lipinski definition) is 1. The summed E-state index contributed by atoms with van der Waals surface area (Å²) in [6.07, 6.45) is 8.37. The molecule has 0 radical (unpaired) electrons. The molecule has 15 heavy (non-hydrogen) atoms. The highest BCUT2D eigenvalue weighted by Gasteiger charge is 2.24. The van der Waals surface area contributed by atoms with E-state index in [1.807, 2.05) is 0 Å². The number of carbonyl (C=O) groups is 1. The summed E-state index contributed by atoms with van der Waals surface area (Å²) in [5, 5.41) is 8.63. The molecule has 0 aliphatic heterocycles. The monoisotopic (exact) mass is 214 g/mol. The first kappa shape index (κ1) is 14.5. The van der Waals surface area contributed by atoms with Gasteiger partial charge in [-0.3, -0.25) is 4.79 Å². The molecule has 0 bridgehead atoms. The zero-order valence-corrected chi connectivity index (χ0v) is 10.5. The second kappa shape index (κ2) is 7.72. The average molecular weight is 214 g/mol. The van der Waals surface area contributed by atoms with E-state index in [4.69, 9.17) is 5.11 Å². The van der Waals surface area contributed by atoms with Gasteiger partial charge in [-0.1, -0.05) is 46.5 Å². The molecule has 0 unspecified atom stereocenters. The largest absolute Gasteiger partial charge is 0.481 e. The maximum atomic E-state index is 10.5. The van der Waals surface area contributed by atoms with Crippen molar-refractivity contribution < 1.29 is 9.90 Å². The van der Waals surface area contributed by atoms with Gasteiger partial charge < -0.3 is 5.11 Å². The zero-order chi connectivity index (χ0) is 11.7. The Kier molecular flexibility index (Phi) is 7.45. The van der Waals surface area contributed by atoms with Gasteiger partial charge in [0.2, 0.25) is 0 Å². The van der Waals surface area contributed by atoms with Gasteiger partial charge in [0.1, 0.15) is 0 Å². The van der Waals surface area contributed by atoms with Crippen molar-refractivity contribution in [1.82, 2.24) is 0 Å². The Labute approximate surface area is 94.1 Å². The first-order chi connectivity index (χ1) is 7.10. The van der Waals surface area contributed by atoms with Crippen LogP contribution in [0.3, 0.4) is 0 Å². The van der Waals surface area contributed by atoms with Crippen LogP contribution < -0.4 is 0 Å². The molecule has 0 spiro atoms. The molecule has 0 heterocycles. The lowest BCUT2D eigenvalue weighted by molar-refractivity contribution is -0.137. The lowest BCUT2D eigenvalue weighted by Gasteiger charge is -2.31. The van der Waals surface area contributed by atoms with Crippen molar-refractivity contribution in [3.8, 4) is 0 Å². The van der Waals surface area contributed by atoms with Gasteiger partial charge in [-0.15, -0.1) is 0 Å². The summed E-state index contributed by atoms with van der Waals surface area (Å²) >= 11 is 0. The molecular formula is C13H26O2. The third-order valence-corrected chi connectivity index (χ3v) is 3.66. The van der Waals surface area contributed by atoms with Crippen molar-refractivity contribution in [2.75, 3.05) is 0 Å². The third kappa shape index (κ3) is 5.81. The summed E-state index contributed by atoms with van der Waals surface area (Å²) < 4.78 is 0. The summed E-state index contributed by atoms with van der Waals surface area (Å²) in [5.74, 6) is -0.661. The topological polar surface area (TPSA) is 37.3 Å². The molecule has 0 aromatic rings. The summed E-state index contributed by atoms with van der Waals surface area (Å²) in [6, 6.07) is 0. The summed E-state index contributed by atoms with van der Waals surface area (Å²) in [6.45, 7) is 6.69. The minimum atomic E-state index is -0.661. The van der Waals surface area contributed by atoms with Gasteiger partial charge in [-0.2, -0.15) is 0 Å². The van der Waals surface area contributed by atoms with Gasteiger partial charge in [0.05, 0.1) is 0 Å². The molecule has 0 saturated carbocycles. The van der Waals surface area contributed by atoms with Crippen molar-refractivity contribution in [1.29, 1.82) is 0 Å². The molecule has 0 aromatic heterocycles. The van der Waals surface area contributed by atoms with Crippen LogP contribution >= 0.6 is 0 Å². The van der Waals surface area contributed by atoms with Gasteiger partial charge >= 0.3 is 5.97 Å². The molecule has 0 saturated heterocycles. The molecule has 1 N–H and O–H groups in total. The van der Waals surface area contributed by atoms with Crippen molar-refractivity contribution in [3.63, 3.8) is 0 Å². The molecule has 0 amide bonds. The lowest BCUT2D eigenvalue weighted by Crippen LogP contribution is -2.19. The van der Waals surface area contributed by atoms with Crippen LogP contribution in [0.4, 0.5) is 0 Å². The highest BCUT2D eigenvalue weighted by Crippen LogP contribution is 2.37. The number of unbranched alkanes of at least 4 members (excludes halogenated alkanes) is 1. The molecule has 90 valence electrons. The van der Waals surface area contributed by atoms with Crippen LogP contribution in [0.5, 0.6) is 0 Å². The van der Waals surface area contributed by atoms with Crippen LogP contribution in [0.1, 0.15) is 72.1 Å². The Hall–Kier alpha value is -0.530. The molecule has 2 nitrogen and oxygen atoms in total. The number of hydrogen-bond donors (Lipinski definition) is 1. The SMILES string of the molecule is CCCCC(CC)(CC)CCCC(=O)O. The minimum absolute atomic E-state index is 0.327. The van der Waals surface area contributed by atoms with Crippen LogP contribution in [-0.2, 0) is 4.79 Å². The fraction of sp³-hybridized carbons (Fsp3) is 0.923.